The van der Waals surface area contributed by atoms with Gasteiger partial charge in [-0.1, -0.05) is 6.92 Å². The van der Waals surface area contributed by atoms with Crippen LogP contribution >= 0.6 is 26.6 Å². The van der Waals surface area contributed by atoms with E-state index < -0.39 is 25.7 Å². The Labute approximate surface area is 130 Å². The zero-order valence-electron chi connectivity index (χ0n) is 11.2. The van der Waals surface area contributed by atoms with E-state index >= 15 is 0 Å². The van der Waals surface area contributed by atoms with Crippen molar-refractivity contribution < 1.29 is 17.6 Å². The SMILES string of the molecule is CCC(C)N(C)C(=O)c1cc(S(=O)(=O)Cl)c(F)cc1Br. The molecule has 1 aromatic carbocycles. The average Bonchev–Trinajstić information content (AvgIpc) is 2.34. The van der Waals surface area contributed by atoms with Crippen LogP contribution in [0.3, 0.4) is 0 Å². The van der Waals surface area contributed by atoms with Crippen molar-refractivity contribution in [3.8, 4) is 0 Å². The number of rotatable bonds is 4. The Hall–Kier alpha value is -0.660. The second-order valence-corrected chi connectivity index (χ2v) is 7.76. The fraction of sp³-hybridized carbons (Fsp3) is 0.417. The number of carbonyl (C=O) groups is 1. The first-order valence-electron chi connectivity index (χ1n) is 5.80. The van der Waals surface area contributed by atoms with E-state index in [-0.39, 0.29) is 16.1 Å². The lowest BCUT2D eigenvalue weighted by molar-refractivity contribution is 0.0739. The third-order valence-corrected chi connectivity index (χ3v) is 5.08. The van der Waals surface area contributed by atoms with Gasteiger partial charge >= 0.3 is 0 Å². The normalized spacial score (nSPS) is 13.1. The van der Waals surface area contributed by atoms with Gasteiger partial charge in [-0.05, 0) is 41.4 Å². The van der Waals surface area contributed by atoms with Crippen LogP contribution in [0, 0.1) is 5.82 Å². The Kier molecular flexibility index (Phi) is 5.57. The molecule has 0 aromatic heterocycles. The van der Waals surface area contributed by atoms with Crippen LogP contribution in [0.25, 0.3) is 0 Å². The summed E-state index contributed by atoms with van der Waals surface area (Å²) in [6.07, 6.45) is 0.738. The van der Waals surface area contributed by atoms with Crippen LogP contribution in [-0.4, -0.2) is 32.3 Å². The maximum Gasteiger partial charge on any atom is 0.264 e. The van der Waals surface area contributed by atoms with Gasteiger partial charge in [-0.2, -0.15) is 0 Å². The predicted octanol–water partition coefficient (Wildman–Crippen LogP) is 3.39. The molecular weight excluding hydrogens is 373 g/mol. The van der Waals surface area contributed by atoms with E-state index in [0.717, 1.165) is 18.6 Å². The minimum absolute atomic E-state index is 0.0319. The third-order valence-electron chi connectivity index (χ3n) is 3.09. The van der Waals surface area contributed by atoms with Gasteiger partial charge in [-0.25, -0.2) is 12.8 Å². The summed E-state index contributed by atoms with van der Waals surface area (Å²) in [5.41, 5.74) is 0.0495. The molecule has 0 heterocycles. The van der Waals surface area contributed by atoms with Crippen LogP contribution < -0.4 is 0 Å². The van der Waals surface area contributed by atoms with Crippen LogP contribution in [0.4, 0.5) is 4.39 Å². The summed E-state index contributed by atoms with van der Waals surface area (Å²) in [6.45, 7) is 3.78. The van der Waals surface area contributed by atoms with Crippen LogP contribution in [0.5, 0.6) is 0 Å². The van der Waals surface area contributed by atoms with E-state index in [9.17, 15) is 17.6 Å². The number of hydrogen-bond acceptors (Lipinski definition) is 3. The monoisotopic (exact) mass is 385 g/mol. The third kappa shape index (κ3) is 3.71. The van der Waals surface area contributed by atoms with Gasteiger partial charge in [0.1, 0.15) is 10.7 Å². The van der Waals surface area contributed by atoms with Gasteiger partial charge < -0.3 is 4.90 Å². The van der Waals surface area contributed by atoms with Crippen LogP contribution in [0.1, 0.15) is 30.6 Å². The summed E-state index contributed by atoms with van der Waals surface area (Å²) in [4.78, 5) is 13.0. The molecule has 0 N–H and O–H groups in total. The molecule has 0 radical (unpaired) electrons. The minimum atomic E-state index is -4.25. The standard InChI is InChI=1S/C12H14BrClFNO3S/c1-4-7(2)16(3)12(17)8-5-11(20(14,18)19)10(15)6-9(8)13/h5-7H,4H2,1-3H3. The molecule has 4 nitrogen and oxygen atoms in total. The summed E-state index contributed by atoms with van der Waals surface area (Å²) in [5, 5.41) is 0. The van der Waals surface area contributed by atoms with Gasteiger partial charge in [-0.3, -0.25) is 4.79 Å². The largest absolute Gasteiger partial charge is 0.339 e. The number of nitrogens with zero attached hydrogens (tertiary/aromatic N) is 1. The molecule has 0 spiro atoms. The molecule has 0 aliphatic heterocycles. The van der Waals surface area contributed by atoms with E-state index in [0.29, 0.717) is 0 Å². The first-order valence-corrected chi connectivity index (χ1v) is 8.90. The summed E-state index contributed by atoms with van der Waals surface area (Å²) in [6, 6.07) is 1.84. The van der Waals surface area contributed by atoms with Crippen LogP contribution in [-0.2, 0) is 9.05 Å². The summed E-state index contributed by atoms with van der Waals surface area (Å²) >= 11 is 3.06. The fourth-order valence-corrected chi connectivity index (χ4v) is 2.93. The first-order chi connectivity index (χ1) is 9.09. The molecule has 1 amide bonds. The first kappa shape index (κ1) is 17.4. The number of benzene rings is 1. The second kappa shape index (κ2) is 6.41. The van der Waals surface area contributed by atoms with E-state index in [1.165, 1.54) is 4.90 Å². The molecule has 0 bridgehead atoms. The highest BCUT2D eigenvalue weighted by Crippen LogP contribution is 2.27. The zero-order chi connectivity index (χ0) is 15.7. The molecule has 1 aromatic rings. The average molecular weight is 387 g/mol. The highest BCUT2D eigenvalue weighted by molar-refractivity contribution is 9.10. The Bertz CT molecular complexity index is 636. The maximum atomic E-state index is 13.6. The molecule has 1 atom stereocenters. The number of amides is 1. The number of hydrogen-bond donors (Lipinski definition) is 0. The topological polar surface area (TPSA) is 54.5 Å². The molecule has 20 heavy (non-hydrogen) atoms. The maximum absolute atomic E-state index is 13.6. The van der Waals surface area contributed by atoms with Gasteiger partial charge in [-0.15, -0.1) is 0 Å². The molecule has 0 saturated carbocycles. The van der Waals surface area contributed by atoms with Crippen molar-refractivity contribution in [2.75, 3.05) is 7.05 Å². The molecule has 0 saturated heterocycles. The Morgan fingerprint density at radius 1 is 1.50 bits per heavy atom. The van der Waals surface area contributed by atoms with Gasteiger partial charge in [0.15, 0.2) is 0 Å². The summed E-state index contributed by atoms with van der Waals surface area (Å²) < 4.78 is 36.3. The smallest absolute Gasteiger partial charge is 0.264 e. The summed E-state index contributed by atoms with van der Waals surface area (Å²) in [7, 11) is 2.50. The Balaban J connectivity index is 3.36. The van der Waals surface area contributed by atoms with Crippen molar-refractivity contribution in [1.82, 2.24) is 4.90 Å². The van der Waals surface area contributed by atoms with Crippen LogP contribution in [0.15, 0.2) is 21.5 Å². The highest BCUT2D eigenvalue weighted by atomic mass is 79.9. The van der Waals surface area contributed by atoms with Crippen molar-refractivity contribution in [2.45, 2.75) is 31.2 Å². The van der Waals surface area contributed by atoms with Crippen molar-refractivity contribution in [3.05, 3.63) is 28.0 Å². The Morgan fingerprint density at radius 2 is 2.05 bits per heavy atom. The molecule has 1 unspecified atom stereocenters. The van der Waals surface area contributed by atoms with Crippen molar-refractivity contribution >= 4 is 41.6 Å². The zero-order valence-corrected chi connectivity index (χ0v) is 14.3. The highest BCUT2D eigenvalue weighted by Gasteiger charge is 2.24. The second-order valence-electron chi connectivity index (χ2n) is 4.37. The lowest BCUT2D eigenvalue weighted by Gasteiger charge is -2.24. The van der Waals surface area contributed by atoms with E-state index in [1.807, 2.05) is 13.8 Å². The van der Waals surface area contributed by atoms with E-state index in [1.54, 1.807) is 7.05 Å². The quantitative estimate of drug-likeness (QED) is 0.745. The summed E-state index contributed by atoms with van der Waals surface area (Å²) in [5.74, 6) is -1.41. The molecular formula is C12H14BrClFNO3S. The number of carbonyl (C=O) groups excluding carboxylic acids is 1. The van der Waals surface area contributed by atoms with Crippen molar-refractivity contribution in [2.24, 2.45) is 0 Å². The van der Waals surface area contributed by atoms with Crippen LogP contribution in [0.2, 0.25) is 0 Å². The lowest BCUT2D eigenvalue weighted by atomic mass is 10.1. The van der Waals surface area contributed by atoms with Crippen molar-refractivity contribution in [1.29, 1.82) is 0 Å². The Morgan fingerprint density at radius 3 is 2.50 bits per heavy atom. The fourth-order valence-electron chi connectivity index (χ4n) is 1.54. The van der Waals surface area contributed by atoms with Crippen molar-refractivity contribution in [3.63, 3.8) is 0 Å². The van der Waals surface area contributed by atoms with E-state index in [4.69, 9.17) is 10.7 Å². The van der Waals surface area contributed by atoms with Gasteiger partial charge in [0.05, 0.1) is 5.56 Å². The van der Waals surface area contributed by atoms with E-state index in [2.05, 4.69) is 15.9 Å². The van der Waals surface area contributed by atoms with Gasteiger partial charge in [0, 0.05) is 28.2 Å². The molecule has 0 fully saturated rings. The molecule has 8 heteroatoms. The van der Waals surface area contributed by atoms with Gasteiger partial charge in [0.25, 0.3) is 15.0 Å². The predicted molar refractivity (Wildman–Crippen MR) is 79.0 cm³/mol. The molecule has 1 rings (SSSR count). The lowest BCUT2D eigenvalue weighted by Crippen LogP contribution is -2.34. The number of halogens is 3. The van der Waals surface area contributed by atoms with Gasteiger partial charge in [0.2, 0.25) is 0 Å². The molecule has 0 aliphatic rings. The molecule has 0 aliphatic carbocycles. The minimum Gasteiger partial charge on any atom is -0.339 e. The molecule has 112 valence electrons.